The van der Waals surface area contributed by atoms with Crippen molar-refractivity contribution < 1.29 is 0 Å². The highest BCUT2D eigenvalue weighted by atomic mass is 35.5. The van der Waals surface area contributed by atoms with Gasteiger partial charge < -0.3 is 0 Å². The quantitative estimate of drug-likeness (QED) is 0.755. The van der Waals surface area contributed by atoms with Crippen LogP contribution in [0.3, 0.4) is 0 Å². The van der Waals surface area contributed by atoms with Crippen molar-refractivity contribution in [1.82, 2.24) is 9.78 Å². The highest BCUT2D eigenvalue weighted by Crippen LogP contribution is 2.26. The van der Waals surface area contributed by atoms with Crippen molar-refractivity contribution in [3.63, 3.8) is 0 Å². The summed E-state index contributed by atoms with van der Waals surface area (Å²) in [6, 6.07) is 10.3. The Morgan fingerprint density at radius 3 is 2.41 bits per heavy atom. The fourth-order valence-electron chi connectivity index (χ4n) is 2.20. The molecular weight excluding hydrogens is 232 g/mol. The van der Waals surface area contributed by atoms with Crippen molar-refractivity contribution in [3.05, 3.63) is 52.8 Å². The standard InChI is InChI=1S/C14H17ClN2/c1-10(15)14-11(2)16-17(12(14)3)9-13-7-5-4-6-8-13/h4-8,10H,9H2,1-3H3. The molecule has 90 valence electrons. The van der Waals surface area contributed by atoms with Gasteiger partial charge in [-0.25, -0.2) is 0 Å². The van der Waals surface area contributed by atoms with Crippen molar-refractivity contribution >= 4 is 11.6 Å². The van der Waals surface area contributed by atoms with Gasteiger partial charge in [0, 0.05) is 11.3 Å². The Balaban J connectivity index is 2.32. The number of aromatic nitrogens is 2. The molecule has 0 N–H and O–H groups in total. The second-order valence-electron chi connectivity index (χ2n) is 4.34. The smallest absolute Gasteiger partial charge is 0.0662 e. The minimum absolute atomic E-state index is 0.0134. The summed E-state index contributed by atoms with van der Waals surface area (Å²) < 4.78 is 2.03. The van der Waals surface area contributed by atoms with E-state index < -0.39 is 0 Å². The number of hydrogen-bond acceptors (Lipinski definition) is 1. The van der Waals surface area contributed by atoms with E-state index in [4.69, 9.17) is 11.6 Å². The number of rotatable bonds is 3. The number of hydrogen-bond donors (Lipinski definition) is 0. The van der Waals surface area contributed by atoms with E-state index >= 15 is 0 Å². The molecule has 3 heteroatoms. The molecule has 1 atom stereocenters. The fraction of sp³-hybridized carbons (Fsp3) is 0.357. The fourth-order valence-corrected chi connectivity index (χ4v) is 2.51. The summed E-state index contributed by atoms with van der Waals surface area (Å²) in [6.45, 7) is 6.89. The first-order valence-corrected chi connectivity index (χ1v) is 6.25. The van der Waals surface area contributed by atoms with E-state index in [9.17, 15) is 0 Å². The molecule has 1 heterocycles. The summed E-state index contributed by atoms with van der Waals surface area (Å²) in [5.74, 6) is 0. The number of nitrogens with zero attached hydrogens (tertiary/aromatic N) is 2. The van der Waals surface area contributed by atoms with Crippen LogP contribution < -0.4 is 0 Å². The largest absolute Gasteiger partial charge is 0.265 e. The normalized spacial score (nSPS) is 12.7. The highest BCUT2D eigenvalue weighted by Gasteiger charge is 2.15. The lowest BCUT2D eigenvalue weighted by Gasteiger charge is -2.06. The summed E-state index contributed by atoms with van der Waals surface area (Å²) in [6.07, 6.45) is 0. The third kappa shape index (κ3) is 2.52. The third-order valence-corrected chi connectivity index (χ3v) is 3.23. The van der Waals surface area contributed by atoms with Crippen molar-refractivity contribution in [2.75, 3.05) is 0 Å². The molecule has 0 spiro atoms. The van der Waals surface area contributed by atoms with Crippen LogP contribution in [0.1, 0.15) is 34.8 Å². The zero-order valence-electron chi connectivity index (χ0n) is 10.4. The van der Waals surface area contributed by atoms with Gasteiger partial charge in [0.2, 0.25) is 0 Å². The molecule has 2 aromatic rings. The Kier molecular flexibility index (Phi) is 3.53. The van der Waals surface area contributed by atoms with Gasteiger partial charge in [-0.1, -0.05) is 30.3 Å². The van der Waals surface area contributed by atoms with E-state index in [-0.39, 0.29) is 5.38 Å². The van der Waals surface area contributed by atoms with Crippen LogP contribution in [0.5, 0.6) is 0 Å². The first kappa shape index (κ1) is 12.2. The molecule has 17 heavy (non-hydrogen) atoms. The molecule has 0 saturated carbocycles. The Morgan fingerprint density at radius 2 is 1.88 bits per heavy atom. The van der Waals surface area contributed by atoms with Crippen molar-refractivity contribution in [2.45, 2.75) is 32.7 Å². The van der Waals surface area contributed by atoms with Gasteiger partial charge in [-0.3, -0.25) is 4.68 Å². The second-order valence-corrected chi connectivity index (χ2v) is 5.00. The third-order valence-electron chi connectivity index (χ3n) is 3.01. The van der Waals surface area contributed by atoms with E-state index in [1.54, 1.807) is 0 Å². The Labute approximate surface area is 107 Å². The van der Waals surface area contributed by atoms with E-state index in [1.165, 1.54) is 5.56 Å². The minimum atomic E-state index is 0.0134. The molecular formula is C14H17ClN2. The second kappa shape index (κ2) is 4.92. The van der Waals surface area contributed by atoms with Crippen LogP contribution in [0, 0.1) is 13.8 Å². The molecule has 0 radical (unpaired) electrons. The monoisotopic (exact) mass is 248 g/mol. The lowest BCUT2D eigenvalue weighted by atomic mass is 10.1. The molecule has 1 aromatic heterocycles. The van der Waals surface area contributed by atoms with Crippen LogP contribution in [0.4, 0.5) is 0 Å². The van der Waals surface area contributed by atoms with Gasteiger partial charge in [-0.15, -0.1) is 11.6 Å². The maximum Gasteiger partial charge on any atom is 0.0662 e. The molecule has 0 aliphatic rings. The number of alkyl halides is 1. The van der Waals surface area contributed by atoms with Crippen LogP contribution in [-0.4, -0.2) is 9.78 Å². The van der Waals surface area contributed by atoms with Gasteiger partial charge in [0.05, 0.1) is 17.6 Å². The maximum absolute atomic E-state index is 6.18. The highest BCUT2D eigenvalue weighted by molar-refractivity contribution is 6.20. The SMILES string of the molecule is Cc1nn(Cc2ccccc2)c(C)c1C(C)Cl. The van der Waals surface area contributed by atoms with Crippen LogP contribution in [0.15, 0.2) is 30.3 Å². The van der Waals surface area contributed by atoms with E-state index in [0.29, 0.717) is 0 Å². The Hall–Kier alpha value is -1.28. The van der Waals surface area contributed by atoms with Gasteiger partial charge in [0.1, 0.15) is 0 Å². The topological polar surface area (TPSA) is 17.8 Å². The molecule has 0 aliphatic heterocycles. The molecule has 1 aromatic carbocycles. The minimum Gasteiger partial charge on any atom is -0.265 e. The molecule has 0 bridgehead atoms. The zero-order valence-corrected chi connectivity index (χ0v) is 11.2. The summed E-state index contributed by atoms with van der Waals surface area (Å²) in [7, 11) is 0. The molecule has 0 saturated heterocycles. The van der Waals surface area contributed by atoms with Gasteiger partial charge in [-0.2, -0.15) is 5.10 Å². The molecule has 2 nitrogen and oxygen atoms in total. The molecule has 2 rings (SSSR count). The van der Waals surface area contributed by atoms with Crippen molar-refractivity contribution in [1.29, 1.82) is 0 Å². The summed E-state index contributed by atoms with van der Waals surface area (Å²) in [5.41, 5.74) is 4.60. The number of halogens is 1. The first-order chi connectivity index (χ1) is 8.09. The molecule has 0 aliphatic carbocycles. The van der Waals surface area contributed by atoms with Crippen molar-refractivity contribution in [3.8, 4) is 0 Å². The summed E-state index contributed by atoms with van der Waals surface area (Å²) in [5, 5.41) is 4.57. The van der Waals surface area contributed by atoms with Crippen LogP contribution in [0.2, 0.25) is 0 Å². The Morgan fingerprint density at radius 1 is 1.24 bits per heavy atom. The lowest BCUT2D eigenvalue weighted by Crippen LogP contribution is -2.04. The average Bonchev–Trinajstić information content (AvgIpc) is 2.55. The first-order valence-electron chi connectivity index (χ1n) is 5.81. The predicted octanol–water partition coefficient (Wildman–Crippen LogP) is 3.85. The molecule has 0 amide bonds. The lowest BCUT2D eigenvalue weighted by molar-refractivity contribution is 0.658. The predicted molar refractivity (Wildman–Crippen MR) is 71.5 cm³/mol. The van der Waals surface area contributed by atoms with E-state index in [2.05, 4.69) is 24.2 Å². The molecule has 1 unspecified atom stereocenters. The Bertz CT molecular complexity index is 500. The van der Waals surface area contributed by atoms with Gasteiger partial charge in [-0.05, 0) is 26.3 Å². The average molecular weight is 249 g/mol. The summed E-state index contributed by atoms with van der Waals surface area (Å²) >= 11 is 6.18. The van der Waals surface area contributed by atoms with Gasteiger partial charge >= 0.3 is 0 Å². The number of benzene rings is 1. The van der Waals surface area contributed by atoms with Crippen LogP contribution in [-0.2, 0) is 6.54 Å². The zero-order chi connectivity index (χ0) is 12.4. The van der Waals surface area contributed by atoms with Gasteiger partial charge in [0.25, 0.3) is 0 Å². The summed E-state index contributed by atoms with van der Waals surface area (Å²) in [4.78, 5) is 0. The van der Waals surface area contributed by atoms with E-state index in [1.807, 2.05) is 36.7 Å². The van der Waals surface area contributed by atoms with Crippen molar-refractivity contribution in [2.24, 2.45) is 0 Å². The molecule has 0 fully saturated rings. The number of aryl methyl sites for hydroxylation is 1. The van der Waals surface area contributed by atoms with Crippen LogP contribution >= 0.6 is 11.6 Å². The van der Waals surface area contributed by atoms with Gasteiger partial charge in [0.15, 0.2) is 0 Å². The van der Waals surface area contributed by atoms with Crippen LogP contribution in [0.25, 0.3) is 0 Å². The maximum atomic E-state index is 6.18. The van der Waals surface area contributed by atoms with E-state index in [0.717, 1.165) is 23.5 Å².